The van der Waals surface area contributed by atoms with Gasteiger partial charge in [-0.05, 0) is 53.0 Å². The maximum Gasteiger partial charge on any atom is 0.0130 e. The first-order valence-corrected chi connectivity index (χ1v) is 9.72. The van der Waals surface area contributed by atoms with Crippen molar-refractivity contribution >= 4 is 5.57 Å². The van der Waals surface area contributed by atoms with Crippen molar-refractivity contribution in [3.05, 3.63) is 89.0 Å². The van der Waals surface area contributed by atoms with Gasteiger partial charge < -0.3 is 0 Å². The van der Waals surface area contributed by atoms with Crippen LogP contribution in [0.15, 0.2) is 61.2 Å². The molecule has 1 aliphatic rings. The molecule has 1 aliphatic carbocycles. The fourth-order valence-corrected chi connectivity index (χ4v) is 4.14. The lowest BCUT2D eigenvalue weighted by Crippen LogP contribution is -2.09. The van der Waals surface area contributed by atoms with E-state index >= 15 is 0 Å². The first kappa shape index (κ1) is 18.7. The van der Waals surface area contributed by atoms with Gasteiger partial charge in [-0.15, -0.1) is 0 Å². The van der Waals surface area contributed by atoms with Crippen molar-refractivity contribution in [3.8, 4) is 0 Å². The average molecular weight is 345 g/mol. The molecule has 0 nitrogen and oxygen atoms in total. The second kappa shape index (κ2) is 6.91. The lowest BCUT2D eigenvalue weighted by Gasteiger charge is -2.24. The Balaban J connectivity index is 1.76. The van der Waals surface area contributed by atoms with Crippen LogP contribution in [0.5, 0.6) is 0 Å². The lowest BCUT2D eigenvalue weighted by molar-refractivity contribution is 0.401. The number of rotatable bonds is 4. The molecule has 2 aromatic rings. The standard InChI is InChI=1S/C26H32/c1-17-8-13-24-20(4)25(15-23(24)14-17)22-11-9-21(10-12-22)19(3)18(2)16-26(5,6)7/h8-14,19,25H,2,4,15-16H2,1,3,5-7H3. The maximum atomic E-state index is 4.39. The maximum absolute atomic E-state index is 4.39. The second-order valence-electron chi connectivity index (χ2n) is 9.23. The number of hydrogen-bond donors (Lipinski definition) is 0. The monoisotopic (exact) mass is 344 g/mol. The zero-order chi connectivity index (χ0) is 19.1. The molecule has 0 amide bonds. The predicted molar refractivity (Wildman–Crippen MR) is 115 cm³/mol. The van der Waals surface area contributed by atoms with Crippen LogP contribution >= 0.6 is 0 Å². The fraction of sp³-hybridized carbons (Fsp3) is 0.385. The molecule has 3 rings (SSSR count). The molecule has 0 saturated carbocycles. The van der Waals surface area contributed by atoms with Crippen LogP contribution in [0.2, 0.25) is 0 Å². The average Bonchev–Trinajstić information content (AvgIpc) is 2.89. The first-order chi connectivity index (χ1) is 12.2. The first-order valence-electron chi connectivity index (χ1n) is 9.72. The highest BCUT2D eigenvalue weighted by Gasteiger charge is 2.27. The van der Waals surface area contributed by atoms with Gasteiger partial charge in [0.1, 0.15) is 0 Å². The van der Waals surface area contributed by atoms with E-state index in [2.05, 4.69) is 90.2 Å². The van der Waals surface area contributed by atoms with Gasteiger partial charge in [-0.2, -0.15) is 0 Å². The van der Waals surface area contributed by atoms with Crippen LogP contribution in [-0.4, -0.2) is 0 Å². The molecule has 0 bridgehead atoms. The van der Waals surface area contributed by atoms with Crippen LogP contribution in [0.25, 0.3) is 5.57 Å². The van der Waals surface area contributed by atoms with Gasteiger partial charge in [0.15, 0.2) is 0 Å². The molecule has 2 aromatic carbocycles. The Kier molecular flexibility index (Phi) is 4.97. The van der Waals surface area contributed by atoms with Crippen molar-refractivity contribution < 1.29 is 0 Å². The topological polar surface area (TPSA) is 0 Å². The highest BCUT2D eigenvalue weighted by Crippen LogP contribution is 2.43. The minimum atomic E-state index is 0.288. The number of aryl methyl sites for hydroxylation is 1. The van der Waals surface area contributed by atoms with Crippen molar-refractivity contribution in [2.75, 3.05) is 0 Å². The van der Waals surface area contributed by atoms with Gasteiger partial charge in [0, 0.05) is 11.8 Å². The molecule has 2 atom stereocenters. The van der Waals surface area contributed by atoms with E-state index in [9.17, 15) is 0 Å². The van der Waals surface area contributed by atoms with Crippen molar-refractivity contribution in [2.24, 2.45) is 5.41 Å². The molecule has 0 N–H and O–H groups in total. The minimum Gasteiger partial charge on any atom is -0.0992 e. The third-order valence-corrected chi connectivity index (χ3v) is 5.66. The number of allylic oxidation sites excluding steroid dienone is 2. The van der Waals surface area contributed by atoms with Gasteiger partial charge in [-0.1, -0.05) is 94.5 Å². The highest BCUT2D eigenvalue weighted by molar-refractivity contribution is 5.77. The van der Waals surface area contributed by atoms with E-state index in [-0.39, 0.29) is 5.41 Å². The van der Waals surface area contributed by atoms with Gasteiger partial charge in [-0.3, -0.25) is 0 Å². The summed E-state index contributed by atoms with van der Waals surface area (Å²) in [4.78, 5) is 0. The summed E-state index contributed by atoms with van der Waals surface area (Å²) >= 11 is 0. The van der Waals surface area contributed by atoms with Crippen LogP contribution < -0.4 is 0 Å². The molecule has 0 aliphatic heterocycles. The molecule has 0 aromatic heterocycles. The Bertz CT molecular complexity index is 827. The molecule has 0 heterocycles. The molecule has 26 heavy (non-hydrogen) atoms. The van der Waals surface area contributed by atoms with Crippen molar-refractivity contribution in [1.29, 1.82) is 0 Å². The summed E-state index contributed by atoms with van der Waals surface area (Å²) in [6.07, 6.45) is 2.13. The largest absolute Gasteiger partial charge is 0.0992 e. The van der Waals surface area contributed by atoms with Gasteiger partial charge in [0.25, 0.3) is 0 Å². The van der Waals surface area contributed by atoms with Crippen molar-refractivity contribution in [1.82, 2.24) is 0 Å². The summed E-state index contributed by atoms with van der Waals surface area (Å²) in [5.41, 5.74) is 9.72. The summed E-state index contributed by atoms with van der Waals surface area (Å²) in [6.45, 7) is 20.0. The highest BCUT2D eigenvalue weighted by atomic mass is 14.3. The van der Waals surface area contributed by atoms with Crippen LogP contribution in [0.3, 0.4) is 0 Å². The molecule has 0 heteroatoms. The number of benzene rings is 2. The second-order valence-corrected chi connectivity index (χ2v) is 9.23. The third kappa shape index (κ3) is 3.85. The molecule has 0 saturated heterocycles. The summed E-state index contributed by atoms with van der Waals surface area (Å²) in [5, 5.41) is 0. The van der Waals surface area contributed by atoms with E-state index in [0.29, 0.717) is 11.8 Å². The molecular weight excluding hydrogens is 312 g/mol. The molecule has 0 fully saturated rings. The van der Waals surface area contributed by atoms with E-state index in [4.69, 9.17) is 0 Å². The minimum absolute atomic E-state index is 0.288. The number of fused-ring (bicyclic) bond motifs is 1. The fourth-order valence-electron chi connectivity index (χ4n) is 4.14. The van der Waals surface area contributed by atoms with E-state index in [0.717, 1.165) is 12.8 Å². The quantitative estimate of drug-likeness (QED) is 0.505. The van der Waals surface area contributed by atoms with Crippen LogP contribution in [0, 0.1) is 12.3 Å². The third-order valence-electron chi connectivity index (χ3n) is 5.66. The van der Waals surface area contributed by atoms with Gasteiger partial charge in [0.2, 0.25) is 0 Å². The van der Waals surface area contributed by atoms with Crippen molar-refractivity contribution in [2.45, 2.75) is 59.3 Å². The molecule has 0 spiro atoms. The summed E-state index contributed by atoms with van der Waals surface area (Å²) < 4.78 is 0. The zero-order valence-electron chi connectivity index (χ0n) is 17.0. The normalized spacial score (nSPS) is 17.9. The number of hydrogen-bond acceptors (Lipinski definition) is 0. The van der Waals surface area contributed by atoms with Gasteiger partial charge >= 0.3 is 0 Å². The Hall–Kier alpha value is -2.08. The smallest absolute Gasteiger partial charge is 0.0130 e. The van der Waals surface area contributed by atoms with Crippen LogP contribution in [0.4, 0.5) is 0 Å². The predicted octanol–water partition coefficient (Wildman–Crippen LogP) is 7.44. The Labute approximate surface area is 159 Å². The summed E-state index contributed by atoms with van der Waals surface area (Å²) in [6, 6.07) is 15.9. The Morgan fingerprint density at radius 3 is 2.38 bits per heavy atom. The zero-order valence-corrected chi connectivity index (χ0v) is 17.0. The van der Waals surface area contributed by atoms with Gasteiger partial charge in [0.05, 0.1) is 0 Å². The Morgan fingerprint density at radius 2 is 1.77 bits per heavy atom. The molecule has 2 unspecified atom stereocenters. The van der Waals surface area contributed by atoms with E-state index in [1.54, 1.807) is 0 Å². The van der Waals surface area contributed by atoms with Crippen LogP contribution in [0.1, 0.15) is 73.8 Å². The van der Waals surface area contributed by atoms with Crippen molar-refractivity contribution in [3.63, 3.8) is 0 Å². The SMILES string of the molecule is C=C(CC(C)(C)C)C(C)c1ccc(C2Cc3cc(C)ccc3C2=C)cc1. The van der Waals surface area contributed by atoms with E-state index in [1.807, 2.05) is 0 Å². The summed E-state index contributed by atoms with van der Waals surface area (Å²) in [7, 11) is 0. The molecular formula is C26H32. The lowest BCUT2D eigenvalue weighted by atomic mass is 9.81. The van der Waals surface area contributed by atoms with Gasteiger partial charge in [-0.25, -0.2) is 0 Å². The van der Waals surface area contributed by atoms with Crippen LogP contribution in [-0.2, 0) is 6.42 Å². The van der Waals surface area contributed by atoms with E-state index < -0.39 is 0 Å². The van der Waals surface area contributed by atoms with E-state index in [1.165, 1.54) is 39.0 Å². The Morgan fingerprint density at radius 1 is 1.12 bits per heavy atom. The summed E-state index contributed by atoms with van der Waals surface area (Å²) in [5.74, 6) is 0.809. The molecule has 0 radical (unpaired) electrons. The molecule has 136 valence electrons.